The molecule has 0 aromatic heterocycles. The molecule has 2 aliphatic carbocycles. The van der Waals surface area contributed by atoms with Crippen molar-refractivity contribution in [1.82, 2.24) is 0 Å². The van der Waals surface area contributed by atoms with Crippen molar-refractivity contribution in [3.05, 3.63) is 12.2 Å². The van der Waals surface area contributed by atoms with E-state index >= 15 is 0 Å². The highest BCUT2D eigenvalue weighted by molar-refractivity contribution is 5.94. The Morgan fingerprint density at radius 1 is 1.28 bits per heavy atom. The number of hydrogen-bond acceptors (Lipinski definition) is 3. The van der Waals surface area contributed by atoms with E-state index < -0.39 is 5.41 Å². The van der Waals surface area contributed by atoms with Crippen LogP contribution in [0.4, 0.5) is 0 Å². The topological polar surface area (TPSA) is 43.4 Å². The Bertz CT molecular complexity index is 439. The highest BCUT2D eigenvalue weighted by atomic mass is 16.6. The SMILES string of the molecule is C=C1C(=O)OC2[C@H]1CC[C@H](C)[C@@H]1CCC(=O)[C@@]21C. The lowest BCUT2D eigenvalue weighted by atomic mass is 9.68. The predicted molar refractivity (Wildman–Crippen MR) is 66.7 cm³/mol. The number of Topliss-reactive ketones (excluding diaryl/α,β-unsaturated/α-hetero) is 1. The standard InChI is InChI=1S/C15H20O3/c1-8-4-5-10-9(2)14(17)18-13(10)15(3)11(8)6-7-12(15)16/h8,10-11,13H,2,4-7H2,1,3H3/t8-,10-,11-,13?,15-/m0/s1. The number of carbonyl (C=O) groups is 2. The number of ketones is 1. The van der Waals surface area contributed by atoms with E-state index in [0.29, 0.717) is 23.8 Å². The van der Waals surface area contributed by atoms with Crippen LogP contribution in [-0.4, -0.2) is 17.9 Å². The normalized spacial score (nSPS) is 47.6. The molecule has 3 aliphatic rings. The quantitative estimate of drug-likeness (QED) is 0.488. The van der Waals surface area contributed by atoms with Gasteiger partial charge in [-0.15, -0.1) is 0 Å². The van der Waals surface area contributed by atoms with Crippen LogP contribution in [0.5, 0.6) is 0 Å². The lowest BCUT2D eigenvalue weighted by Gasteiger charge is -2.36. The number of fused-ring (bicyclic) bond motifs is 3. The van der Waals surface area contributed by atoms with Gasteiger partial charge in [-0.25, -0.2) is 4.79 Å². The Morgan fingerprint density at radius 2 is 2.00 bits per heavy atom. The van der Waals surface area contributed by atoms with Gasteiger partial charge in [-0.2, -0.15) is 0 Å². The Morgan fingerprint density at radius 3 is 2.72 bits per heavy atom. The van der Waals surface area contributed by atoms with E-state index in [1.54, 1.807) is 0 Å². The molecule has 3 heteroatoms. The first kappa shape index (κ1) is 11.9. The molecule has 1 saturated heterocycles. The molecular weight excluding hydrogens is 228 g/mol. The molecule has 3 fully saturated rings. The van der Waals surface area contributed by atoms with Gasteiger partial charge in [-0.05, 0) is 38.0 Å². The zero-order chi connectivity index (χ0) is 13.1. The highest BCUT2D eigenvalue weighted by Crippen LogP contribution is 2.56. The molecule has 0 N–H and O–H groups in total. The average Bonchev–Trinajstić information content (AvgIpc) is 2.75. The molecule has 0 bridgehead atoms. The van der Waals surface area contributed by atoms with Crippen molar-refractivity contribution < 1.29 is 14.3 Å². The van der Waals surface area contributed by atoms with Crippen molar-refractivity contribution in [1.29, 1.82) is 0 Å². The zero-order valence-electron chi connectivity index (χ0n) is 11.1. The number of carbonyl (C=O) groups excluding carboxylic acids is 2. The summed E-state index contributed by atoms with van der Waals surface area (Å²) in [5.74, 6) is 0.923. The Kier molecular flexibility index (Phi) is 2.45. The van der Waals surface area contributed by atoms with Gasteiger partial charge >= 0.3 is 5.97 Å². The fraction of sp³-hybridized carbons (Fsp3) is 0.733. The molecule has 98 valence electrons. The van der Waals surface area contributed by atoms with E-state index in [2.05, 4.69) is 13.5 Å². The van der Waals surface area contributed by atoms with Crippen molar-refractivity contribution in [2.24, 2.45) is 23.2 Å². The monoisotopic (exact) mass is 248 g/mol. The van der Waals surface area contributed by atoms with Gasteiger partial charge < -0.3 is 4.74 Å². The number of ether oxygens (including phenoxy) is 1. The van der Waals surface area contributed by atoms with Crippen LogP contribution >= 0.6 is 0 Å². The summed E-state index contributed by atoms with van der Waals surface area (Å²) in [5, 5.41) is 0. The maximum Gasteiger partial charge on any atom is 0.334 e. The fourth-order valence-corrected chi connectivity index (χ4v) is 4.42. The molecule has 0 amide bonds. The number of hydrogen-bond donors (Lipinski definition) is 0. The van der Waals surface area contributed by atoms with Gasteiger partial charge in [0.2, 0.25) is 0 Å². The summed E-state index contributed by atoms with van der Waals surface area (Å²) in [4.78, 5) is 24.1. The first-order chi connectivity index (χ1) is 8.46. The lowest BCUT2D eigenvalue weighted by Crippen LogP contribution is -2.44. The predicted octanol–water partition coefficient (Wildman–Crippen LogP) is 2.50. The van der Waals surface area contributed by atoms with E-state index in [0.717, 1.165) is 19.3 Å². The summed E-state index contributed by atoms with van der Waals surface area (Å²) in [7, 11) is 0. The van der Waals surface area contributed by atoms with Gasteiger partial charge in [0.15, 0.2) is 0 Å². The maximum absolute atomic E-state index is 12.4. The van der Waals surface area contributed by atoms with Gasteiger partial charge in [0.1, 0.15) is 11.9 Å². The fourth-order valence-electron chi connectivity index (χ4n) is 4.42. The summed E-state index contributed by atoms with van der Waals surface area (Å²) < 4.78 is 5.53. The third-order valence-corrected chi connectivity index (χ3v) is 5.57. The van der Waals surface area contributed by atoms with Crippen molar-refractivity contribution in [3.63, 3.8) is 0 Å². The molecule has 0 aromatic rings. The van der Waals surface area contributed by atoms with Crippen molar-refractivity contribution in [2.75, 3.05) is 0 Å². The molecule has 1 heterocycles. The zero-order valence-corrected chi connectivity index (χ0v) is 11.1. The third kappa shape index (κ3) is 1.30. The van der Waals surface area contributed by atoms with Crippen LogP contribution in [0.3, 0.4) is 0 Å². The summed E-state index contributed by atoms with van der Waals surface area (Å²) in [6.07, 6.45) is 3.31. The van der Waals surface area contributed by atoms with Gasteiger partial charge in [0, 0.05) is 17.9 Å². The summed E-state index contributed by atoms with van der Waals surface area (Å²) in [6, 6.07) is 0. The van der Waals surface area contributed by atoms with E-state index in [-0.39, 0.29) is 23.8 Å². The van der Waals surface area contributed by atoms with Crippen LogP contribution in [-0.2, 0) is 14.3 Å². The smallest absolute Gasteiger partial charge is 0.334 e. The van der Waals surface area contributed by atoms with Crippen molar-refractivity contribution >= 4 is 11.8 Å². The van der Waals surface area contributed by atoms with Crippen LogP contribution in [0, 0.1) is 23.2 Å². The van der Waals surface area contributed by atoms with Crippen LogP contribution in [0.15, 0.2) is 12.2 Å². The first-order valence-electron chi connectivity index (χ1n) is 6.89. The molecule has 1 unspecified atom stereocenters. The molecule has 2 saturated carbocycles. The molecule has 0 radical (unpaired) electrons. The number of rotatable bonds is 0. The van der Waals surface area contributed by atoms with Gasteiger partial charge in [0.25, 0.3) is 0 Å². The second-order valence-electron chi connectivity index (χ2n) is 6.36. The first-order valence-corrected chi connectivity index (χ1v) is 6.89. The third-order valence-electron chi connectivity index (χ3n) is 5.57. The van der Waals surface area contributed by atoms with Crippen molar-refractivity contribution in [3.8, 4) is 0 Å². The molecule has 5 atom stereocenters. The van der Waals surface area contributed by atoms with Crippen LogP contribution < -0.4 is 0 Å². The molecule has 1 aliphatic heterocycles. The van der Waals surface area contributed by atoms with E-state index in [4.69, 9.17) is 4.74 Å². The van der Waals surface area contributed by atoms with Gasteiger partial charge in [0.05, 0.1) is 5.41 Å². The van der Waals surface area contributed by atoms with Crippen LogP contribution in [0.1, 0.15) is 39.5 Å². The minimum Gasteiger partial charge on any atom is -0.457 e. The molecule has 3 nitrogen and oxygen atoms in total. The van der Waals surface area contributed by atoms with E-state index in [9.17, 15) is 9.59 Å². The minimum absolute atomic E-state index is 0.0528. The van der Waals surface area contributed by atoms with Gasteiger partial charge in [-0.1, -0.05) is 13.5 Å². The summed E-state index contributed by atoms with van der Waals surface area (Å²) in [5.41, 5.74) is 0.101. The molecule has 0 aromatic carbocycles. The van der Waals surface area contributed by atoms with E-state index in [1.165, 1.54) is 0 Å². The van der Waals surface area contributed by atoms with Crippen molar-refractivity contribution in [2.45, 2.75) is 45.6 Å². The average molecular weight is 248 g/mol. The maximum atomic E-state index is 12.4. The second-order valence-corrected chi connectivity index (χ2v) is 6.36. The largest absolute Gasteiger partial charge is 0.457 e. The molecular formula is C15H20O3. The summed E-state index contributed by atoms with van der Waals surface area (Å²) >= 11 is 0. The van der Waals surface area contributed by atoms with Crippen LogP contribution in [0.25, 0.3) is 0 Å². The lowest BCUT2D eigenvalue weighted by molar-refractivity contribution is -0.151. The number of esters is 1. The van der Waals surface area contributed by atoms with Crippen LogP contribution in [0.2, 0.25) is 0 Å². The Hall–Kier alpha value is -1.12. The highest BCUT2D eigenvalue weighted by Gasteiger charge is 2.60. The van der Waals surface area contributed by atoms with Gasteiger partial charge in [-0.3, -0.25) is 4.79 Å². The molecule has 18 heavy (non-hydrogen) atoms. The Labute approximate surface area is 108 Å². The minimum atomic E-state index is -0.477. The second kappa shape index (κ2) is 3.69. The summed E-state index contributed by atoms with van der Waals surface area (Å²) in [6.45, 7) is 8.11. The van der Waals surface area contributed by atoms with E-state index in [1.807, 2.05) is 6.92 Å². The molecule has 0 spiro atoms. The Balaban J connectivity index is 2.07. The molecule has 3 rings (SSSR count).